The van der Waals surface area contributed by atoms with Gasteiger partial charge in [-0.25, -0.2) is 4.39 Å². The van der Waals surface area contributed by atoms with Gasteiger partial charge >= 0.3 is 0 Å². The van der Waals surface area contributed by atoms with E-state index in [0.717, 1.165) is 12.0 Å². The van der Waals surface area contributed by atoms with Crippen molar-refractivity contribution in [1.29, 1.82) is 0 Å². The molecule has 0 aliphatic carbocycles. The molecule has 0 aromatic heterocycles. The molecule has 0 amide bonds. The van der Waals surface area contributed by atoms with E-state index in [9.17, 15) is 4.39 Å². The molecule has 0 fully saturated rings. The van der Waals surface area contributed by atoms with Crippen LogP contribution in [0, 0.1) is 12.7 Å². The zero-order chi connectivity index (χ0) is 14.5. The summed E-state index contributed by atoms with van der Waals surface area (Å²) in [6, 6.07) is 15.8. The molecule has 0 saturated heterocycles. The summed E-state index contributed by atoms with van der Waals surface area (Å²) in [6.07, 6.45) is 0.974. The minimum atomic E-state index is -0.185. The summed E-state index contributed by atoms with van der Waals surface area (Å²) in [4.78, 5) is 0. The monoisotopic (exact) mass is 271 g/mol. The number of nitrogens with one attached hydrogen (secondary N) is 1. The molecule has 0 aliphatic rings. The van der Waals surface area contributed by atoms with E-state index in [1.54, 1.807) is 0 Å². The van der Waals surface area contributed by atoms with Gasteiger partial charge in [0, 0.05) is 12.1 Å². The number of rotatable bonds is 5. The van der Waals surface area contributed by atoms with Crippen molar-refractivity contribution in [2.24, 2.45) is 0 Å². The van der Waals surface area contributed by atoms with Crippen LogP contribution < -0.4 is 5.32 Å². The first-order valence-corrected chi connectivity index (χ1v) is 7.18. The van der Waals surface area contributed by atoms with Crippen molar-refractivity contribution in [3.05, 3.63) is 71.0 Å². The topological polar surface area (TPSA) is 12.0 Å². The Morgan fingerprint density at radius 3 is 2.35 bits per heavy atom. The molecule has 2 rings (SSSR count). The van der Waals surface area contributed by atoms with Crippen LogP contribution in [0.5, 0.6) is 0 Å². The van der Waals surface area contributed by atoms with Crippen LogP contribution in [-0.4, -0.2) is 0 Å². The third kappa shape index (κ3) is 3.67. The van der Waals surface area contributed by atoms with E-state index in [4.69, 9.17) is 0 Å². The number of hydrogen-bond acceptors (Lipinski definition) is 1. The quantitative estimate of drug-likeness (QED) is 0.812. The Morgan fingerprint density at radius 1 is 1.05 bits per heavy atom. The van der Waals surface area contributed by atoms with Gasteiger partial charge in [0.2, 0.25) is 0 Å². The Kier molecular flexibility index (Phi) is 4.91. The lowest BCUT2D eigenvalue weighted by Gasteiger charge is -2.23. The van der Waals surface area contributed by atoms with Gasteiger partial charge in [0.25, 0.3) is 0 Å². The lowest BCUT2D eigenvalue weighted by Crippen LogP contribution is -2.24. The van der Waals surface area contributed by atoms with Crippen molar-refractivity contribution in [1.82, 2.24) is 5.32 Å². The summed E-state index contributed by atoms with van der Waals surface area (Å²) < 4.78 is 13.0. The van der Waals surface area contributed by atoms with Gasteiger partial charge in [-0.2, -0.15) is 0 Å². The smallest absolute Gasteiger partial charge is 0.123 e. The molecule has 1 N–H and O–H groups in total. The van der Waals surface area contributed by atoms with Crippen molar-refractivity contribution in [2.45, 2.75) is 39.3 Å². The second-order valence-electron chi connectivity index (χ2n) is 5.31. The lowest BCUT2D eigenvalue weighted by molar-refractivity contribution is 0.455. The maximum Gasteiger partial charge on any atom is 0.123 e. The molecule has 2 aromatic carbocycles. The van der Waals surface area contributed by atoms with Gasteiger partial charge in [-0.05, 0) is 43.5 Å². The van der Waals surface area contributed by atoms with Crippen molar-refractivity contribution in [3.63, 3.8) is 0 Å². The van der Waals surface area contributed by atoms with Gasteiger partial charge in [0.15, 0.2) is 0 Å². The van der Waals surface area contributed by atoms with Crippen LogP contribution >= 0.6 is 0 Å². The summed E-state index contributed by atoms with van der Waals surface area (Å²) in [5.74, 6) is -0.185. The Bertz CT molecular complexity index is 548. The third-order valence-corrected chi connectivity index (χ3v) is 3.67. The standard InChI is InChI=1S/C18H22FN/c1-4-18(15-8-10-17(19)11-9-15)20-14(3)16-7-5-6-13(2)12-16/h5-12,14,18,20H,4H2,1-3H3/t14-,18?/m1/s1. The largest absolute Gasteiger partial charge is 0.303 e. The number of hydrogen-bond donors (Lipinski definition) is 1. The highest BCUT2D eigenvalue weighted by Gasteiger charge is 2.13. The highest BCUT2D eigenvalue weighted by Crippen LogP contribution is 2.22. The summed E-state index contributed by atoms with van der Waals surface area (Å²) >= 11 is 0. The maximum absolute atomic E-state index is 13.0. The summed E-state index contributed by atoms with van der Waals surface area (Å²) in [6.45, 7) is 6.42. The first-order valence-electron chi connectivity index (χ1n) is 7.18. The van der Waals surface area contributed by atoms with Crippen LogP contribution in [-0.2, 0) is 0 Å². The first kappa shape index (κ1) is 14.7. The number of halogens is 1. The fraction of sp³-hybridized carbons (Fsp3) is 0.333. The van der Waals surface area contributed by atoms with Crippen LogP contribution in [0.1, 0.15) is 49.0 Å². The van der Waals surface area contributed by atoms with Gasteiger partial charge in [-0.1, -0.05) is 48.9 Å². The fourth-order valence-corrected chi connectivity index (χ4v) is 2.48. The minimum Gasteiger partial charge on any atom is -0.303 e. The molecule has 0 bridgehead atoms. The summed E-state index contributed by atoms with van der Waals surface area (Å²) in [5.41, 5.74) is 3.69. The van der Waals surface area contributed by atoms with Crippen molar-refractivity contribution >= 4 is 0 Å². The summed E-state index contributed by atoms with van der Waals surface area (Å²) in [7, 11) is 0. The van der Waals surface area contributed by atoms with E-state index in [2.05, 4.69) is 50.4 Å². The van der Waals surface area contributed by atoms with Gasteiger partial charge < -0.3 is 5.32 Å². The van der Waals surface area contributed by atoms with E-state index in [-0.39, 0.29) is 17.9 Å². The second kappa shape index (κ2) is 6.67. The molecule has 106 valence electrons. The van der Waals surface area contributed by atoms with Gasteiger partial charge in [0.05, 0.1) is 0 Å². The SMILES string of the molecule is CCC(N[C@H](C)c1cccc(C)c1)c1ccc(F)cc1. The van der Waals surface area contributed by atoms with Crippen LogP contribution in [0.2, 0.25) is 0 Å². The van der Waals surface area contributed by atoms with Crippen LogP contribution in [0.15, 0.2) is 48.5 Å². The molecular weight excluding hydrogens is 249 g/mol. The van der Waals surface area contributed by atoms with E-state index in [1.165, 1.54) is 23.3 Å². The highest BCUT2D eigenvalue weighted by molar-refractivity contribution is 5.26. The molecule has 20 heavy (non-hydrogen) atoms. The average molecular weight is 271 g/mol. The molecule has 0 saturated carbocycles. The normalized spacial score (nSPS) is 14.0. The molecule has 2 aromatic rings. The van der Waals surface area contributed by atoms with Crippen molar-refractivity contribution in [3.8, 4) is 0 Å². The van der Waals surface area contributed by atoms with Gasteiger partial charge in [-0.15, -0.1) is 0 Å². The van der Waals surface area contributed by atoms with Crippen LogP contribution in [0.4, 0.5) is 4.39 Å². The van der Waals surface area contributed by atoms with E-state index in [1.807, 2.05) is 12.1 Å². The Balaban J connectivity index is 2.11. The van der Waals surface area contributed by atoms with Crippen molar-refractivity contribution < 1.29 is 4.39 Å². The van der Waals surface area contributed by atoms with E-state index >= 15 is 0 Å². The van der Waals surface area contributed by atoms with E-state index < -0.39 is 0 Å². The molecule has 2 heteroatoms. The Labute approximate surface area is 120 Å². The van der Waals surface area contributed by atoms with Gasteiger partial charge in [-0.3, -0.25) is 0 Å². The van der Waals surface area contributed by atoms with Crippen LogP contribution in [0.3, 0.4) is 0 Å². The molecule has 0 aliphatic heterocycles. The minimum absolute atomic E-state index is 0.185. The molecule has 0 radical (unpaired) electrons. The Hall–Kier alpha value is -1.67. The van der Waals surface area contributed by atoms with Crippen LogP contribution in [0.25, 0.3) is 0 Å². The predicted octanol–water partition coefficient (Wildman–Crippen LogP) is 4.94. The highest BCUT2D eigenvalue weighted by atomic mass is 19.1. The predicted molar refractivity (Wildman–Crippen MR) is 82.2 cm³/mol. The zero-order valence-corrected chi connectivity index (χ0v) is 12.4. The number of benzene rings is 2. The van der Waals surface area contributed by atoms with Gasteiger partial charge in [0.1, 0.15) is 5.82 Å². The molecule has 2 atom stereocenters. The molecule has 1 unspecified atom stereocenters. The maximum atomic E-state index is 13.0. The zero-order valence-electron chi connectivity index (χ0n) is 12.4. The number of aryl methyl sites for hydroxylation is 1. The third-order valence-electron chi connectivity index (χ3n) is 3.67. The van der Waals surface area contributed by atoms with Crippen molar-refractivity contribution in [2.75, 3.05) is 0 Å². The molecular formula is C18H22FN. The Morgan fingerprint density at radius 2 is 1.75 bits per heavy atom. The molecule has 0 spiro atoms. The molecule has 1 nitrogen and oxygen atoms in total. The summed E-state index contributed by atoms with van der Waals surface area (Å²) in [5, 5.41) is 3.62. The lowest BCUT2D eigenvalue weighted by atomic mass is 10.0. The fourth-order valence-electron chi connectivity index (χ4n) is 2.48. The molecule has 0 heterocycles. The first-order chi connectivity index (χ1) is 9.60. The second-order valence-corrected chi connectivity index (χ2v) is 5.31. The van der Waals surface area contributed by atoms with E-state index in [0.29, 0.717) is 0 Å². The average Bonchev–Trinajstić information content (AvgIpc) is 2.45.